The van der Waals surface area contributed by atoms with Crippen molar-refractivity contribution >= 4 is 91.3 Å². The number of para-hydroxylation sites is 1. The van der Waals surface area contributed by atoms with Crippen molar-refractivity contribution in [3.8, 4) is 0 Å². The van der Waals surface area contributed by atoms with Gasteiger partial charge in [0.25, 0.3) is 0 Å². The van der Waals surface area contributed by atoms with Crippen molar-refractivity contribution < 1.29 is 0 Å². The van der Waals surface area contributed by atoms with Crippen LogP contribution in [0.15, 0.2) is 138 Å². The molecule has 0 saturated heterocycles. The number of aliphatic imine (C=N–C) groups is 2. The van der Waals surface area contributed by atoms with Gasteiger partial charge in [0.2, 0.25) is 0 Å². The van der Waals surface area contributed by atoms with Crippen molar-refractivity contribution in [2.75, 3.05) is 0 Å². The van der Waals surface area contributed by atoms with E-state index in [2.05, 4.69) is 107 Å². The summed E-state index contributed by atoms with van der Waals surface area (Å²) < 4.78 is 5.63. The topological polar surface area (TPSA) is 29.6 Å². The fourth-order valence-electron chi connectivity index (χ4n) is 5.16. The van der Waals surface area contributed by atoms with Crippen LogP contribution in [-0.4, -0.2) is 14.1 Å². The summed E-state index contributed by atoms with van der Waals surface area (Å²) in [6, 6.07) is 41.9. The molecular weight excluding hydrogens is 609 g/mol. The van der Waals surface area contributed by atoms with Crippen molar-refractivity contribution in [2.24, 2.45) is 9.98 Å². The summed E-state index contributed by atoms with van der Waals surface area (Å²) in [6.07, 6.45) is 0. The van der Waals surface area contributed by atoms with Crippen LogP contribution in [0.3, 0.4) is 0 Å². The first-order valence-electron chi connectivity index (χ1n) is 12.7. The Morgan fingerprint density at radius 3 is 2.03 bits per heavy atom. The highest BCUT2D eigenvalue weighted by molar-refractivity contribution is 14.1. The SMILES string of the molecule is C=C(N=C(N=C(I)c1ccccc1)c1ccccc1)n1c2ccccc2c2c3sc4ccccc4c3ccc21. The Hall–Kier alpha value is -4.07. The molecular formula is C34H22IN3S. The van der Waals surface area contributed by atoms with Gasteiger partial charge in [-0.05, 0) is 40.8 Å². The predicted molar refractivity (Wildman–Crippen MR) is 178 cm³/mol. The summed E-state index contributed by atoms with van der Waals surface area (Å²) in [6.45, 7) is 4.47. The number of benzene rings is 5. The Balaban J connectivity index is 1.46. The van der Waals surface area contributed by atoms with E-state index in [-0.39, 0.29) is 0 Å². The highest BCUT2D eigenvalue weighted by atomic mass is 127. The van der Waals surface area contributed by atoms with Crippen LogP contribution in [0.25, 0.3) is 47.8 Å². The van der Waals surface area contributed by atoms with E-state index in [1.54, 1.807) is 0 Å². The van der Waals surface area contributed by atoms with Crippen LogP contribution < -0.4 is 0 Å². The van der Waals surface area contributed by atoms with Crippen LogP contribution in [0, 0.1) is 0 Å². The van der Waals surface area contributed by atoms with Crippen molar-refractivity contribution in [3.05, 3.63) is 139 Å². The van der Waals surface area contributed by atoms with E-state index in [1.807, 2.05) is 59.9 Å². The summed E-state index contributed by atoms with van der Waals surface area (Å²) in [5.74, 6) is 1.25. The number of amidine groups is 1. The molecule has 0 bridgehead atoms. The number of nitrogens with zero attached hydrogens (tertiary/aromatic N) is 3. The molecule has 0 atom stereocenters. The molecule has 2 aromatic heterocycles. The normalized spacial score (nSPS) is 12.6. The molecule has 0 aliphatic rings. The maximum atomic E-state index is 5.07. The number of hydrogen-bond acceptors (Lipinski definition) is 2. The second-order valence-corrected chi connectivity index (χ2v) is 11.3. The van der Waals surface area contributed by atoms with Gasteiger partial charge in [-0.25, -0.2) is 9.98 Å². The van der Waals surface area contributed by atoms with Crippen LogP contribution in [0.4, 0.5) is 0 Å². The van der Waals surface area contributed by atoms with Crippen molar-refractivity contribution in [3.63, 3.8) is 0 Å². The Morgan fingerprint density at radius 1 is 0.615 bits per heavy atom. The summed E-state index contributed by atoms with van der Waals surface area (Å²) in [7, 11) is 0. The van der Waals surface area contributed by atoms with Gasteiger partial charge in [-0.3, -0.25) is 4.57 Å². The molecule has 2 heterocycles. The standard InChI is InChI=1S/C34H22IN3S/c1-22(36-34(24-14-6-3-7-15-24)37-33(35)23-12-4-2-5-13-23)38-28-18-10-8-17-27(28)31-29(38)21-20-26-25-16-9-11-19-30(25)39-32(26)31/h2-21H,1H2. The van der Waals surface area contributed by atoms with Gasteiger partial charge < -0.3 is 0 Å². The fourth-order valence-corrected chi connectivity index (χ4v) is 7.01. The van der Waals surface area contributed by atoms with Crippen molar-refractivity contribution in [1.29, 1.82) is 0 Å². The minimum atomic E-state index is 0.626. The zero-order chi connectivity index (χ0) is 26.3. The second-order valence-electron chi connectivity index (χ2n) is 9.27. The molecule has 186 valence electrons. The van der Waals surface area contributed by atoms with Crippen LogP contribution in [0.5, 0.6) is 0 Å². The Labute approximate surface area is 243 Å². The third kappa shape index (κ3) is 4.18. The molecule has 0 N–H and O–H groups in total. The zero-order valence-electron chi connectivity index (χ0n) is 20.9. The van der Waals surface area contributed by atoms with Crippen LogP contribution in [0.2, 0.25) is 0 Å². The lowest BCUT2D eigenvalue weighted by Gasteiger charge is -2.09. The van der Waals surface area contributed by atoms with Gasteiger partial charge in [0.1, 0.15) is 9.54 Å². The third-order valence-electron chi connectivity index (χ3n) is 6.92. The molecule has 5 heteroatoms. The van der Waals surface area contributed by atoms with E-state index in [9.17, 15) is 0 Å². The average molecular weight is 632 g/mol. The largest absolute Gasteiger partial charge is 0.294 e. The molecule has 0 amide bonds. The maximum absolute atomic E-state index is 5.07. The van der Waals surface area contributed by atoms with Gasteiger partial charge in [0, 0.05) is 42.1 Å². The minimum absolute atomic E-state index is 0.626. The van der Waals surface area contributed by atoms with Gasteiger partial charge in [-0.2, -0.15) is 0 Å². The van der Waals surface area contributed by atoms with E-state index in [0.29, 0.717) is 11.7 Å². The number of hydrogen-bond donors (Lipinski definition) is 0. The first-order valence-corrected chi connectivity index (χ1v) is 14.5. The lowest BCUT2D eigenvalue weighted by Crippen LogP contribution is -2.04. The molecule has 7 rings (SSSR count). The molecule has 0 unspecified atom stereocenters. The number of halogens is 1. The zero-order valence-corrected chi connectivity index (χ0v) is 23.9. The number of aromatic nitrogens is 1. The van der Waals surface area contributed by atoms with Gasteiger partial charge in [-0.1, -0.05) is 110 Å². The molecule has 5 aromatic carbocycles. The van der Waals surface area contributed by atoms with Gasteiger partial charge in [-0.15, -0.1) is 11.3 Å². The molecule has 0 aliphatic heterocycles. The molecule has 0 aliphatic carbocycles. The third-order valence-corrected chi connectivity index (χ3v) is 8.99. The molecule has 39 heavy (non-hydrogen) atoms. The minimum Gasteiger partial charge on any atom is -0.294 e. The lowest BCUT2D eigenvalue weighted by atomic mass is 10.1. The van der Waals surface area contributed by atoms with Crippen LogP contribution in [-0.2, 0) is 0 Å². The van der Waals surface area contributed by atoms with Gasteiger partial charge in [0.15, 0.2) is 5.84 Å². The van der Waals surface area contributed by atoms with Crippen molar-refractivity contribution in [1.82, 2.24) is 4.57 Å². The highest BCUT2D eigenvalue weighted by Crippen LogP contribution is 2.43. The molecule has 0 spiro atoms. The van der Waals surface area contributed by atoms with Crippen LogP contribution >= 0.6 is 33.9 Å². The van der Waals surface area contributed by atoms with Gasteiger partial charge in [0.05, 0.1) is 11.0 Å². The monoisotopic (exact) mass is 631 g/mol. The summed E-state index contributed by atoms with van der Waals surface area (Å²) in [4.78, 5) is 10.1. The average Bonchev–Trinajstić information content (AvgIpc) is 3.53. The fraction of sp³-hybridized carbons (Fsp3) is 0. The van der Waals surface area contributed by atoms with E-state index < -0.39 is 0 Å². The van der Waals surface area contributed by atoms with E-state index in [0.717, 1.165) is 25.9 Å². The van der Waals surface area contributed by atoms with E-state index in [4.69, 9.17) is 9.98 Å². The Bertz CT molecular complexity index is 2080. The molecule has 3 nitrogen and oxygen atoms in total. The molecule has 0 saturated carbocycles. The highest BCUT2D eigenvalue weighted by Gasteiger charge is 2.18. The molecule has 7 aromatic rings. The van der Waals surface area contributed by atoms with Crippen molar-refractivity contribution in [2.45, 2.75) is 0 Å². The molecule has 0 fully saturated rings. The lowest BCUT2D eigenvalue weighted by molar-refractivity contribution is 1.18. The first kappa shape index (κ1) is 24.0. The second kappa shape index (κ2) is 9.91. The smallest absolute Gasteiger partial charge is 0.162 e. The first-order chi connectivity index (χ1) is 19.2. The predicted octanol–water partition coefficient (Wildman–Crippen LogP) is 9.92. The van der Waals surface area contributed by atoms with Gasteiger partial charge >= 0.3 is 0 Å². The van der Waals surface area contributed by atoms with E-state index >= 15 is 0 Å². The number of thiophene rings is 1. The summed E-state index contributed by atoms with van der Waals surface area (Å²) >= 11 is 4.13. The summed E-state index contributed by atoms with van der Waals surface area (Å²) in [5, 5.41) is 5.02. The molecule has 0 radical (unpaired) electrons. The van der Waals surface area contributed by atoms with Crippen LogP contribution in [0.1, 0.15) is 11.1 Å². The van der Waals surface area contributed by atoms with E-state index in [1.165, 1.54) is 30.9 Å². The Morgan fingerprint density at radius 2 is 1.26 bits per heavy atom. The number of rotatable bonds is 4. The quantitative estimate of drug-likeness (QED) is 0.105. The Kier molecular flexibility index (Phi) is 6.10. The maximum Gasteiger partial charge on any atom is 0.162 e. The number of fused-ring (bicyclic) bond motifs is 7. The summed E-state index contributed by atoms with van der Waals surface area (Å²) in [5.41, 5.74) is 4.17.